The minimum Gasteiger partial charge on any atom is -0.346 e. The molecule has 0 aliphatic heterocycles. The van der Waals surface area contributed by atoms with E-state index in [0.29, 0.717) is 10.9 Å². The maximum atomic E-state index is 13.1. The monoisotopic (exact) mass is 301 g/mol. The Morgan fingerprint density at radius 1 is 1.53 bits per heavy atom. The fraction of sp³-hybridized carbons (Fsp3) is 0.462. The van der Waals surface area contributed by atoms with E-state index in [1.54, 1.807) is 13.0 Å². The van der Waals surface area contributed by atoms with Crippen LogP contribution in [0.1, 0.15) is 36.2 Å². The molecule has 1 rings (SSSR count). The fourth-order valence-electron chi connectivity index (χ4n) is 1.40. The van der Waals surface area contributed by atoms with E-state index in [0.717, 1.165) is 12.0 Å². The molecule has 0 spiro atoms. The first-order valence-corrected chi connectivity index (χ1v) is 6.68. The molecule has 94 valence electrons. The van der Waals surface area contributed by atoms with Crippen molar-refractivity contribution >= 4 is 21.8 Å². The molecule has 1 atom stereocenters. The van der Waals surface area contributed by atoms with Gasteiger partial charge < -0.3 is 5.32 Å². The van der Waals surface area contributed by atoms with Crippen LogP contribution >= 0.6 is 15.9 Å². The summed E-state index contributed by atoms with van der Waals surface area (Å²) in [4.78, 5) is 12.1. The van der Waals surface area contributed by atoms with E-state index < -0.39 is 5.82 Å². The molecule has 2 nitrogen and oxygen atoms in total. The van der Waals surface area contributed by atoms with Gasteiger partial charge >= 0.3 is 0 Å². The number of nitrogens with one attached hydrogen (secondary N) is 1. The summed E-state index contributed by atoms with van der Waals surface area (Å²) in [6.45, 7) is 5.75. The molecule has 0 aliphatic carbocycles. The lowest BCUT2D eigenvalue weighted by Crippen LogP contribution is -2.47. The average molecular weight is 302 g/mol. The number of carbonyl (C=O) groups is 1. The van der Waals surface area contributed by atoms with E-state index in [9.17, 15) is 9.18 Å². The number of aryl methyl sites for hydroxylation is 1. The molecule has 0 saturated carbocycles. The van der Waals surface area contributed by atoms with Crippen LogP contribution in [0.2, 0.25) is 0 Å². The molecule has 1 aromatic carbocycles. The van der Waals surface area contributed by atoms with Crippen LogP contribution < -0.4 is 5.32 Å². The highest BCUT2D eigenvalue weighted by Gasteiger charge is 2.24. The second kappa shape index (κ2) is 5.63. The fourth-order valence-corrected chi connectivity index (χ4v) is 1.93. The molecule has 1 aromatic rings. The third-order valence-corrected chi connectivity index (χ3v) is 4.17. The van der Waals surface area contributed by atoms with Crippen LogP contribution in [0.4, 0.5) is 4.39 Å². The van der Waals surface area contributed by atoms with Crippen molar-refractivity contribution in [2.75, 3.05) is 5.33 Å². The van der Waals surface area contributed by atoms with Crippen LogP contribution in [0.5, 0.6) is 0 Å². The quantitative estimate of drug-likeness (QED) is 0.848. The van der Waals surface area contributed by atoms with Crippen molar-refractivity contribution in [3.63, 3.8) is 0 Å². The lowest BCUT2D eigenvalue weighted by atomic mass is 10.00. The maximum Gasteiger partial charge on any atom is 0.252 e. The minimum absolute atomic E-state index is 0.231. The van der Waals surface area contributed by atoms with Crippen LogP contribution in [-0.4, -0.2) is 16.8 Å². The zero-order valence-electron chi connectivity index (χ0n) is 10.3. The molecule has 1 unspecified atom stereocenters. The van der Waals surface area contributed by atoms with Gasteiger partial charge in [0.2, 0.25) is 0 Å². The number of halogens is 2. The van der Waals surface area contributed by atoms with Crippen molar-refractivity contribution in [2.45, 2.75) is 32.7 Å². The van der Waals surface area contributed by atoms with Crippen molar-refractivity contribution in [3.8, 4) is 0 Å². The Labute approximate surface area is 110 Å². The Morgan fingerprint density at radius 3 is 2.71 bits per heavy atom. The van der Waals surface area contributed by atoms with E-state index in [-0.39, 0.29) is 11.4 Å². The number of alkyl halides is 1. The summed E-state index contributed by atoms with van der Waals surface area (Å²) in [6.07, 6.45) is 0.804. The summed E-state index contributed by atoms with van der Waals surface area (Å²) in [6, 6.07) is 4.24. The van der Waals surface area contributed by atoms with Gasteiger partial charge in [0.25, 0.3) is 5.91 Å². The Bertz CT molecular complexity index is 416. The van der Waals surface area contributed by atoms with Crippen LogP contribution in [0, 0.1) is 12.7 Å². The predicted octanol–water partition coefficient (Wildman–Crippen LogP) is 3.43. The molecule has 0 bridgehead atoms. The van der Waals surface area contributed by atoms with Crippen LogP contribution in [0.3, 0.4) is 0 Å². The standard InChI is InChI=1S/C13H17BrFNO/c1-4-13(3,8-14)16-12(17)11-7-10(15)6-5-9(11)2/h5-7H,4,8H2,1-3H3,(H,16,17). The number of hydrogen-bond donors (Lipinski definition) is 1. The van der Waals surface area contributed by atoms with E-state index >= 15 is 0 Å². The second-order valence-corrected chi connectivity index (χ2v) is 5.02. The van der Waals surface area contributed by atoms with Crippen molar-refractivity contribution in [1.29, 1.82) is 0 Å². The summed E-state index contributed by atoms with van der Waals surface area (Å²) >= 11 is 3.38. The molecule has 1 N–H and O–H groups in total. The number of rotatable bonds is 4. The third-order valence-electron chi connectivity index (χ3n) is 2.93. The van der Waals surface area contributed by atoms with Crippen molar-refractivity contribution in [2.24, 2.45) is 0 Å². The van der Waals surface area contributed by atoms with Gasteiger partial charge in [-0.2, -0.15) is 0 Å². The van der Waals surface area contributed by atoms with Crippen LogP contribution in [-0.2, 0) is 0 Å². The van der Waals surface area contributed by atoms with Crippen molar-refractivity contribution < 1.29 is 9.18 Å². The summed E-state index contributed by atoms with van der Waals surface area (Å²) in [7, 11) is 0. The Morgan fingerprint density at radius 2 is 2.18 bits per heavy atom. The predicted molar refractivity (Wildman–Crippen MR) is 71.1 cm³/mol. The van der Waals surface area contributed by atoms with Gasteiger partial charge in [-0.3, -0.25) is 4.79 Å². The van der Waals surface area contributed by atoms with Gasteiger partial charge in [0.15, 0.2) is 0 Å². The molecule has 0 heterocycles. The molecule has 0 saturated heterocycles. The summed E-state index contributed by atoms with van der Waals surface area (Å²) < 4.78 is 13.1. The molecule has 0 aromatic heterocycles. The lowest BCUT2D eigenvalue weighted by molar-refractivity contribution is 0.0912. The number of carbonyl (C=O) groups excluding carboxylic acids is 1. The maximum absolute atomic E-state index is 13.1. The summed E-state index contributed by atoms with van der Waals surface area (Å²) in [5.41, 5.74) is 0.859. The molecule has 17 heavy (non-hydrogen) atoms. The first-order valence-electron chi connectivity index (χ1n) is 5.56. The summed E-state index contributed by atoms with van der Waals surface area (Å²) in [5.74, 6) is -0.622. The third kappa shape index (κ3) is 3.53. The number of hydrogen-bond acceptors (Lipinski definition) is 1. The zero-order valence-corrected chi connectivity index (χ0v) is 11.9. The zero-order chi connectivity index (χ0) is 13.1. The summed E-state index contributed by atoms with van der Waals surface area (Å²) in [5, 5.41) is 3.59. The molecular formula is C13H17BrFNO. The highest BCUT2D eigenvalue weighted by Crippen LogP contribution is 2.16. The minimum atomic E-state index is -0.391. The molecule has 0 aliphatic rings. The average Bonchev–Trinajstić information content (AvgIpc) is 2.32. The molecular weight excluding hydrogens is 285 g/mol. The normalized spacial score (nSPS) is 14.2. The lowest BCUT2D eigenvalue weighted by Gasteiger charge is -2.27. The van der Waals surface area contributed by atoms with E-state index in [4.69, 9.17) is 0 Å². The Kier molecular flexibility index (Phi) is 4.69. The van der Waals surface area contributed by atoms with Gasteiger partial charge in [0.1, 0.15) is 5.82 Å². The Balaban J connectivity index is 2.94. The smallest absolute Gasteiger partial charge is 0.252 e. The first kappa shape index (κ1) is 14.2. The van der Waals surface area contributed by atoms with Crippen LogP contribution in [0.25, 0.3) is 0 Å². The highest BCUT2D eigenvalue weighted by atomic mass is 79.9. The SMILES string of the molecule is CCC(C)(CBr)NC(=O)c1cc(F)ccc1C. The van der Waals surface area contributed by atoms with Gasteiger partial charge in [0.05, 0.1) is 0 Å². The number of benzene rings is 1. The molecule has 1 amide bonds. The first-order chi connectivity index (χ1) is 7.91. The van der Waals surface area contributed by atoms with Crippen molar-refractivity contribution in [1.82, 2.24) is 5.32 Å². The topological polar surface area (TPSA) is 29.1 Å². The van der Waals surface area contributed by atoms with E-state index in [2.05, 4.69) is 21.2 Å². The number of amides is 1. The molecule has 0 radical (unpaired) electrons. The van der Waals surface area contributed by atoms with Crippen LogP contribution in [0.15, 0.2) is 18.2 Å². The van der Waals surface area contributed by atoms with Crippen molar-refractivity contribution in [3.05, 3.63) is 35.1 Å². The molecule has 0 fully saturated rings. The molecule has 4 heteroatoms. The largest absolute Gasteiger partial charge is 0.346 e. The highest BCUT2D eigenvalue weighted by molar-refractivity contribution is 9.09. The second-order valence-electron chi connectivity index (χ2n) is 4.46. The van der Waals surface area contributed by atoms with Gasteiger partial charge in [-0.1, -0.05) is 28.9 Å². The van der Waals surface area contributed by atoms with E-state index in [1.807, 2.05) is 13.8 Å². The van der Waals surface area contributed by atoms with Gasteiger partial charge in [0, 0.05) is 16.4 Å². The Hall–Kier alpha value is -0.900. The van der Waals surface area contributed by atoms with Gasteiger partial charge in [-0.05, 0) is 38.0 Å². The van der Waals surface area contributed by atoms with Gasteiger partial charge in [-0.25, -0.2) is 4.39 Å². The van der Waals surface area contributed by atoms with E-state index in [1.165, 1.54) is 12.1 Å². The van der Waals surface area contributed by atoms with Gasteiger partial charge in [-0.15, -0.1) is 0 Å².